The number of carbonyl (C=O) groups excluding carboxylic acids is 1. The lowest BCUT2D eigenvalue weighted by atomic mass is 9.93. The van der Waals surface area contributed by atoms with Gasteiger partial charge in [0.15, 0.2) is 17.3 Å². The Morgan fingerprint density at radius 1 is 1.45 bits per heavy atom. The lowest BCUT2D eigenvalue weighted by Crippen LogP contribution is -2.10. The van der Waals surface area contributed by atoms with Gasteiger partial charge in [-0.15, -0.1) is 0 Å². The molecule has 2 heterocycles. The molecular weight excluding hydrogens is 258 g/mol. The van der Waals surface area contributed by atoms with Gasteiger partial charge in [-0.05, 0) is 17.7 Å². The molecule has 1 unspecified atom stereocenters. The third-order valence-electron chi connectivity index (χ3n) is 3.11. The second kappa shape index (κ2) is 4.70. The van der Waals surface area contributed by atoms with E-state index in [-0.39, 0.29) is 12.6 Å². The lowest BCUT2D eigenvalue weighted by molar-refractivity contribution is 0.0979. The number of hydrogen-bond donors (Lipinski definition) is 0. The molecule has 0 bridgehead atoms. The van der Waals surface area contributed by atoms with E-state index in [1.807, 2.05) is 6.07 Å². The van der Waals surface area contributed by atoms with E-state index in [0.29, 0.717) is 22.6 Å². The van der Waals surface area contributed by atoms with E-state index in [9.17, 15) is 10.1 Å². The Hall–Kier alpha value is -2.81. The Balaban J connectivity index is 1.94. The van der Waals surface area contributed by atoms with Crippen molar-refractivity contribution in [2.75, 3.05) is 6.79 Å². The zero-order valence-corrected chi connectivity index (χ0v) is 10.7. The smallest absolute Gasteiger partial charge is 0.231 e. The summed E-state index contributed by atoms with van der Waals surface area (Å²) in [5, 5.41) is 13.2. The second-order valence-electron chi connectivity index (χ2n) is 4.44. The first-order valence-corrected chi connectivity index (χ1v) is 6.01. The van der Waals surface area contributed by atoms with Crippen molar-refractivity contribution < 1.29 is 14.3 Å². The maximum Gasteiger partial charge on any atom is 0.231 e. The first-order valence-electron chi connectivity index (χ1n) is 6.01. The summed E-state index contributed by atoms with van der Waals surface area (Å²) in [7, 11) is 1.72. The SMILES string of the molecule is Cn1cc(C(=O)C(C#N)c2ccc3c(c2)OCO3)cn1. The number of ether oxygens (including phenoxy) is 2. The molecule has 3 rings (SSSR count). The van der Waals surface area contributed by atoms with E-state index in [2.05, 4.69) is 5.10 Å². The summed E-state index contributed by atoms with van der Waals surface area (Å²) < 4.78 is 12.0. The molecule has 0 radical (unpaired) electrons. The standard InChI is InChI=1S/C14H11N3O3/c1-17-7-10(6-16-17)14(18)11(5-15)9-2-3-12-13(4-9)20-8-19-12/h2-4,6-7,11H,8H2,1H3. The van der Waals surface area contributed by atoms with Crippen LogP contribution in [0.4, 0.5) is 0 Å². The van der Waals surface area contributed by atoms with Crippen molar-refractivity contribution in [3.63, 3.8) is 0 Å². The van der Waals surface area contributed by atoms with Crippen LogP contribution in [-0.2, 0) is 7.05 Å². The van der Waals surface area contributed by atoms with Crippen molar-refractivity contribution in [2.24, 2.45) is 7.05 Å². The van der Waals surface area contributed by atoms with Crippen LogP contribution in [0.15, 0.2) is 30.6 Å². The summed E-state index contributed by atoms with van der Waals surface area (Å²) in [6, 6.07) is 7.12. The molecule has 1 aliphatic rings. The molecule has 1 aromatic carbocycles. The molecule has 0 aliphatic carbocycles. The van der Waals surface area contributed by atoms with Crippen molar-refractivity contribution in [3.8, 4) is 17.6 Å². The van der Waals surface area contributed by atoms with Crippen LogP contribution >= 0.6 is 0 Å². The van der Waals surface area contributed by atoms with E-state index < -0.39 is 5.92 Å². The van der Waals surface area contributed by atoms with Crippen molar-refractivity contribution in [2.45, 2.75) is 5.92 Å². The van der Waals surface area contributed by atoms with Gasteiger partial charge in [-0.25, -0.2) is 0 Å². The highest BCUT2D eigenvalue weighted by molar-refractivity contribution is 6.02. The topological polar surface area (TPSA) is 77.1 Å². The number of aryl methyl sites for hydroxylation is 1. The number of aromatic nitrogens is 2. The minimum Gasteiger partial charge on any atom is -0.454 e. The quantitative estimate of drug-likeness (QED) is 0.791. The lowest BCUT2D eigenvalue weighted by Gasteiger charge is -2.08. The van der Waals surface area contributed by atoms with Gasteiger partial charge in [-0.2, -0.15) is 10.4 Å². The first kappa shape index (κ1) is 12.2. The van der Waals surface area contributed by atoms with Crippen LogP contribution in [0.2, 0.25) is 0 Å². The van der Waals surface area contributed by atoms with E-state index in [4.69, 9.17) is 9.47 Å². The van der Waals surface area contributed by atoms with Crippen molar-refractivity contribution >= 4 is 5.78 Å². The first-order chi connectivity index (χ1) is 9.69. The number of ketones is 1. The highest BCUT2D eigenvalue weighted by Gasteiger charge is 2.25. The molecule has 2 aromatic rings. The summed E-state index contributed by atoms with van der Waals surface area (Å²) in [6.45, 7) is 0.159. The van der Waals surface area contributed by atoms with Crippen LogP contribution in [0.5, 0.6) is 11.5 Å². The fraction of sp³-hybridized carbons (Fsp3) is 0.214. The van der Waals surface area contributed by atoms with Gasteiger partial charge in [0.05, 0.1) is 17.8 Å². The molecule has 6 heteroatoms. The van der Waals surface area contributed by atoms with Crippen molar-refractivity contribution in [1.29, 1.82) is 5.26 Å². The third kappa shape index (κ3) is 1.99. The van der Waals surface area contributed by atoms with Crippen LogP contribution < -0.4 is 9.47 Å². The molecule has 0 saturated carbocycles. The number of carbonyl (C=O) groups is 1. The van der Waals surface area contributed by atoms with Gasteiger partial charge in [0.25, 0.3) is 0 Å². The van der Waals surface area contributed by atoms with E-state index in [0.717, 1.165) is 0 Å². The van der Waals surface area contributed by atoms with Gasteiger partial charge in [-0.1, -0.05) is 6.07 Å². The highest BCUT2D eigenvalue weighted by Crippen LogP contribution is 2.35. The zero-order chi connectivity index (χ0) is 14.1. The zero-order valence-electron chi connectivity index (χ0n) is 10.7. The molecule has 1 atom stereocenters. The van der Waals surface area contributed by atoms with Crippen LogP contribution in [0.25, 0.3) is 0 Å². The van der Waals surface area contributed by atoms with Gasteiger partial charge in [-0.3, -0.25) is 9.48 Å². The van der Waals surface area contributed by atoms with Gasteiger partial charge in [0.1, 0.15) is 5.92 Å². The second-order valence-corrected chi connectivity index (χ2v) is 4.44. The Morgan fingerprint density at radius 2 is 2.25 bits per heavy atom. The summed E-state index contributed by atoms with van der Waals surface area (Å²) >= 11 is 0. The number of Topliss-reactive ketones (excluding diaryl/α,β-unsaturated/α-hetero) is 1. The van der Waals surface area contributed by atoms with Crippen molar-refractivity contribution in [3.05, 3.63) is 41.7 Å². The Labute approximate surface area is 115 Å². The van der Waals surface area contributed by atoms with E-state index in [1.54, 1.807) is 31.4 Å². The minimum absolute atomic E-state index is 0.159. The predicted octanol–water partition coefficient (Wildman–Crippen LogP) is 1.64. The largest absolute Gasteiger partial charge is 0.454 e. The molecule has 0 fully saturated rings. The average molecular weight is 269 g/mol. The fourth-order valence-corrected chi connectivity index (χ4v) is 2.09. The molecule has 100 valence electrons. The molecule has 6 nitrogen and oxygen atoms in total. The number of nitriles is 1. The molecule has 0 spiro atoms. The van der Waals surface area contributed by atoms with Gasteiger partial charge >= 0.3 is 0 Å². The number of benzene rings is 1. The Morgan fingerprint density at radius 3 is 2.95 bits per heavy atom. The average Bonchev–Trinajstić information content (AvgIpc) is 3.07. The molecule has 0 amide bonds. The summed E-state index contributed by atoms with van der Waals surface area (Å²) in [5.74, 6) is 0.0224. The number of hydrogen-bond acceptors (Lipinski definition) is 5. The molecule has 0 saturated heterocycles. The van der Waals surface area contributed by atoms with Crippen molar-refractivity contribution in [1.82, 2.24) is 9.78 Å². The maximum absolute atomic E-state index is 12.3. The van der Waals surface area contributed by atoms with E-state index in [1.165, 1.54) is 10.9 Å². The Bertz CT molecular complexity index is 715. The van der Waals surface area contributed by atoms with Crippen LogP contribution in [0.1, 0.15) is 21.8 Å². The van der Waals surface area contributed by atoms with E-state index >= 15 is 0 Å². The Kier molecular flexibility index (Phi) is 2.88. The molecule has 0 N–H and O–H groups in total. The fourth-order valence-electron chi connectivity index (χ4n) is 2.09. The van der Waals surface area contributed by atoms with Gasteiger partial charge < -0.3 is 9.47 Å². The summed E-state index contributed by atoms with van der Waals surface area (Å²) in [6.07, 6.45) is 3.05. The monoisotopic (exact) mass is 269 g/mol. The number of fused-ring (bicyclic) bond motifs is 1. The molecule has 1 aliphatic heterocycles. The van der Waals surface area contributed by atoms with Crippen LogP contribution in [0.3, 0.4) is 0 Å². The number of nitrogens with zero attached hydrogens (tertiary/aromatic N) is 3. The predicted molar refractivity (Wildman–Crippen MR) is 68.5 cm³/mol. The normalized spacial score (nSPS) is 13.8. The molecular formula is C14H11N3O3. The van der Waals surface area contributed by atoms with Gasteiger partial charge in [0, 0.05) is 13.2 Å². The third-order valence-corrected chi connectivity index (χ3v) is 3.11. The van der Waals surface area contributed by atoms with Gasteiger partial charge in [0.2, 0.25) is 6.79 Å². The summed E-state index contributed by atoms with van der Waals surface area (Å²) in [5.41, 5.74) is 1.00. The summed E-state index contributed by atoms with van der Waals surface area (Å²) in [4.78, 5) is 12.3. The number of rotatable bonds is 3. The van der Waals surface area contributed by atoms with Crippen LogP contribution in [-0.4, -0.2) is 22.4 Å². The minimum atomic E-state index is -0.881. The molecule has 20 heavy (non-hydrogen) atoms. The maximum atomic E-state index is 12.3. The highest BCUT2D eigenvalue weighted by atomic mass is 16.7. The van der Waals surface area contributed by atoms with Crippen LogP contribution in [0, 0.1) is 11.3 Å². The molecule has 1 aromatic heterocycles.